The molecule has 0 aliphatic heterocycles. The summed E-state index contributed by atoms with van der Waals surface area (Å²) in [6, 6.07) is 4.57. The van der Waals surface area contributed by atoms with Gasteiger partial charge in [-0.25, -0.2) is 0 Å². The first-order chi connectivity index (χ1) is 10.2. The molecule has 0 amide bonds. The molecule has 0 aliphatic rings. The molecule has 0 radical (unpaired) electrons. The SMILES string of the molecule is Cc1cc(C)c(C)c(B=Bc2c(C)c(C)cc(C)c2C)c1C. The Morgan fingerprint density at radius 1 is 0.455 bits per heavy atom. The second kappa shape index (κ2) is 6.36. The van der Waals surface area contributed by atoms with Gasteiger partial charge < -0.3 is 0 Å². The van der Waals surface area contributed by atoms with Crippen LogP contribution in [0.4, 0.5) is 0 Å². The van der Waals surface area contributed by atoms with Gasteiger partial charge in [0.15, 0.2) is 0 Å². The molecule has 0 N–H and O–H groups in total. The standard InChI is InChI=1S/C20H26B2/c1-11-9-12(2)16(6)19(15(11)5)21-22-20-17(7)13(3)10-14(4)18(20)8/h9-10H,1-8H3. The van der Waals surface area contributed by atoms with Gasteiger partial charge in [0.05, 0.1) is 0 Å². The fraction of sp³-hybridized carbons (Fsp3) is 0.400. The second-order valence-electron chi connectivity index (χ2n) is 6.68. The van der Waals surface area contributed by atoms with Crippen molar-refractivity contribution in [1.29, 1.82) is 0 Å². The van der Waals surface area contributed by atoms with Crippen molar-refractivity contribution in [2.75, 3.05) is 0 Å². The normalized spacial score (nSPS) is 10.7. The third-order valence-corrected chi connectivity index (χ3v) is 5.26. The van der Waals surface area contributed by atoms with E-state index in [4.69, 9.17) is 0 Å². The van der Waals surface area contributed by atoms with Gasteiger partial charge in [-0.3, -0.25) is 0 Å². The molecular formula is C20H26B2. The molecule has 2 aromatic carbocycles. The van der Waals surface area contributed by atoms with Gasteiger partial charge in [-0.1, -0.05) is 0 Å². The van der Waals surface area contributed by atoms with Crippen molar-refractivity contribution in [1.82, 2.24) is 0 Å². The summed E-state index contributed by atoms with van der Waals surface area (Å²) < 4.78 is 0. The predicted octanol–water partition coefficient (Wildman–Crippen LogP) is 3.43. The molecule has 0 fully saturated rings. The van der Waals surface area contributed by atoms with Crippen LogP contribution < -0.4 is 10.9 Å². The first kappa shape index (κ1) is 16.9. The van der Waals surface area contributed by atoms with Gasteiger partial charge in [-0.05, 0) is 0 Å². The maximum absolute atomic E-state index is 2.30. The van der Waals surface area contributed by atoms with E-state index in [0.29, 0.717) is 0 Å². The Bertz CT molecular complexity index is 650. The molecule has 0 aromatic heterocycles. The van der Waals surface area contributed by atoms with Crippen molar-refractivity contribution in [3.8, 4) is 0 Å². The van der Waals surface area contributed by atoms with E-state index in [1.165, 1.54) is 55.4 Å². The van der Waals surface area contributed by atoms with Crippen LogP contribution in [0.15, 0.2) is 12.1 Å². The van der Waals surface area contributed by atoms with Gasteiger partial charge in [0.25, 0.3) is 0 Å². The molecule has 0 nitrogen and oxygen atoms in total. The Hall–Kier alpha value is -1.43. The zero-order valence-electron chi connectivity index (χ0n) is 15.3. The van der Waals surface area contributed by atoms with Crippen molar-refractivity contribution in [3.63, 3.8) is 0 Å². The molecule has 0 atom stereocenters. The maximum atomic E-state index is 2.30. The van der Waals surface area contributed by atoms with Crippen LogP contribution in [-0.4, -0.2) is 13.6 Å². The number of aryl methyl sites for hydroxylation is 4. The summed E-state index contributed by atoms with van der Waals surface area (Å²) in [5, 5.41) is 0. The number of rotatable bonds is 2. The predicted molar refractivity (Wildman–Crippen MR) is 102 cm³/mol. The Kier molecular flexibility index (Phi) is 4.90. The summed E-state index contributed by atoms with van der Waals surface area (Å²) in [5.41, 5.74) is 13.8. The summed E-state index contributed by atoms with van der Waals surface area (Å²) in [4.78, 5) is 0. The minimum atomic E-state index is 1.37. The van der Waals surface area contributed by atoms with Crippen molar-refractivity contribution < 1.29 is 0 Å². The van der Waals surface area contributed by atoms with E-state index in [-0.39, 0.29) is 0 Å². The molecule has 0 heterocycles. The Balaban J connectivity index is 2.60. The topological polar surface area (TPSA) is 0 Å². The molecule has 0 spiro atoms. The van der Waals surface area contributed by atoms with Gasteiger partial charge >= 0.3 is 137 Å². The van der Waals surface area contributed by atoms with Gasteiger partial charge in [-0.15, -0.1) is 0 Å². The number of hydrogen-bond acceptors (Lipinski definition) is 0. The molecule has 2 rings (SSSR count). The summed E-state index contributed by atoms with van der Waals surface area (Å²) >= 11 is 0. The van der Waals surface area contributed by atoms with Crippen molar-refractivity contribution >= 4 is 24.5 Å². The van der Waals surface area contributed by atoms with Gasteiger partial charge in [0.2, 0.25) is 0 Å². The molecule has 0 saturated carbocycles. The summed E-state index contributed by atoms with van der Waals surface area (Å²) in [7, 11) is 0. The molecule has 0 aliphatic carbocycles. The Morgan fingerprint density at radius 3 is 0.909 bits per heavy atom. The third-order valence-electron chi connectivity index (χ3n) is 5.26. The van der Waals surface area contributed by atoms with E-state index in [1.807, 2.05) is 0 Å². The van der Waals surface area contributed by atoms with Gasteiger partial charge in [0, 0.05) is 0 Å². The van der Waals surface area contributed by atoms with E-state index in [2.05, 4.69) is 81.1 Å². The summed E-state index contributed by atoms with van der Waals surface area (Å²) in [6.07, 6.45) is 0. The van der Waals surface area contributed by atoms with Gasteiger partial charge in [0.1, 0.15) is 0 Å². The molecule has 2 aromatic rings. The Morgan fingerprint density at radius 2 is 0.682 bits per heavy atom. The van der Waals surface area contributed by atoms with Crippen molar-refractivity contribution in [2.24, 2.45) is 0 Å². The Labute approximate surface area is 137 Å². The number of benzene rings is 2. The fourth-order valence-electron chi connectivity index (χ4n) is 3.16. The van der Waals surface area contributed by atoms with Crippen molar-refractivity contribution in [2.45, 2.75) is 55.4 Å². The molecule has 0 unspecified atom stereocenters. The molecular weight excluding hydrogens is 262 g/mol. The monoisotopic (exact) mass is 288 g/mol. The van der Waals surface area contributed by atoms with E-state index in [1.54, 1.807) is 0 Å². The molecule has 0 bridgehead atoms. The van der Waals surface area contributed by atoms with Crippen LogP contribution in [0.3, 0.4) is 0 Å². The zero-order valence-corrected chi connectivity index (χ0v) is 15.3. The van der Waals surface area contributed by atoms with Crippen LogP contribution in [-0.2, 0) is 0 Å². The first-order valence-corrected chi connectivity index (χ1v) is 8.07. The summed E-state index contributed by atoms with van der Waals surface area (Å²) in [5.74, 6) is 0. The fourth-order valence-corrected chi connectivity index (χ4v) is 3.16. The molecule has 112 valence electrons. The van der Waals surface area contributed by atoms with Crippen molar-refractivity contribution in [3.05, 3.63) is 56.6 Å². The molecule has 2 heteroatoms. The van der Waals surface area contributed by atoms with Crippen LogP contribution in [0, 0.1) is 55.4 Å². The average molecular weight is 288 g/mol. The second-order valence-corrected chi connectivity index (χ2v) is 6.68. The minimum absolute atomic E-state index is 1.37. The van der Waals surface area contributed by atoms with Crippen LogP contribution in [0.25, 0.3) is 0 Å². The van der Waals surface area contributed by atoms with Crippen LogP contribution >= 0.6 is 0 Å². The van der Waals surface area contributed by atoms with Crippen LogP contribution in [0.2, 0.25) is 0 Å². The quantitative estimate of drug-likeness (QED) is 0.743. The van der Waals surface area contributed by atoms with E-state index < -0.39 is 0 Å². The average Bonchev–Trinajstić information content (AvgIpc) is 2.46. The van der Waals surface area contributed by atoms with E-state index >= 15 is 0 Å². The molecule has 22 heavy (non-hydrogen) atoms. The van der Waals surface area contributed by atoms with Gasteiger partial charge in [-0.2, -0.15) is 0 Å². The first-order valence-electron chi connectivity index (χ1n) is 8.07. The van der Waals surface area contributed by atoms with E-state index in [0.717, 1.165) is 0 Å². The number of hydrogen-bond donors (Lipinski definition) is 0. The van der Waals surface area contributed by atoms with E-state index in [9.17, 15) is 0 Å². The zero-order chi connectivity index (χ0) is 16.6. The third kappa shape index (κ3) is 3.02. The summed E-state index contributed by atoms with van der Waals surface area (Å²) in [6.45, 7) is 22.3. The molecule has 0 saturated heterocycles. The van der Waals surface area contributed by atoms with Crippen LogP contribution in [0.1, 0.15) is 44.5 Å². The van der Waals surface area contributed by atoms with Crippen LogP contribution in [0.5, 0.6) is 0 Å².